The highest BCUT2D eigenvalue weighted by atomic mass is 32.2. The normalized spacial score (nSPS) is 13.9. The maximum absolute atomic E-state index is 11.5. The number of amides is 2. The highest BCUT2D eigenvalue weighted by Gasteiger charge is 2.27. The summed E-state index contributed by atoms with van der Waals surface area (Å²) in [5.41, 5.74) is 0.383. The van der Waals surface area contributed by atoms with Crippen molar-refractivity contribution in [2.75, 3.05) is 27.2 Å². The van der Waals surface area contributed by atoms with Gasteiger partial charge in [-0.3, -0.25) is 23.6 Å². The van der Waals surface area contributed by atoms with E-state index < -0.39 is 30.0 Å². The fourth-order valence-electron chi connectivity index (χ4n) is 3.03. The zero-order valence-electron chi connectivity index (χ0n) is 17.9. The first-order valence-electron chi connectivity index (χ1n) is 9.64. The van der Waals surface area contributed by atoms with Crippen LogP contribution in [0.15, 0.2) is 70.5 Å². The Hall–Kier alpha value is -2.90. The van der Waals surface area contributed by atoms with Gasteiger partial charge in [0, 0.05) is 24.3 Å². The monoisotopic (exact) mass is 496 g/mol. The van der Waals surface area contributed by atoms with Gasteiger partial charge in [0.1, 0.15) is 9.79 Å². The number of nitrogens with zero attached hydrogens (tertiary/aromatic N) is 2. The van der Waals surface area contributed by atoms with Crippen molar-refractivity contribution in [2.24, 2.45) is 0 Å². The first kappa shape index (κ1) is 26.4. The summed E-state index contributed by atoms with van der Waals surface area (Å²) >= 11 is 0. The predicted octanol–water partition coefficient (Wildman–Crippen LogP) is 1.71. The van der Waals surface area contributed by atoms with E-state index in [-0.39, 0.29) is 17.4 Å². The summed E-state index contributed by atoms with van der Waals surface area (Å²) in [6.45, 7) is 1.40. The van der Waals surface area contributed by atoms with Crippen LogP contribution in [0.1, 0.15) is 6.42 Å². The molecule has 0 spiro atoms. The van der Waals surface area contributed by atoms with Gasteiger partial charge in [0.15, 0.2) is 0 Å². The number of hydrogen-bond donors (Lipinski definition) is 2. The van der Waals surface area contributed by atoms with Gasteiger partial charge in [-0.2, -0.15) is 16.8 Å². The molecule has 2 amide bonds. The van der Waals surface area contributed by atoms with Crippen LogP contribution >= 0.6 is 0 Å². The molecular formula is C21H24N2O8S2. The van der Waals surface area contributed by atoms with Gasteiger partial charge in [0.05, 0.1) is 0 Å². The molecule has 0 bridgehead atoms. The Balaban J connectivity index is 0.000000257. The van der Waals surface area contributed by atoms with Gasteiger partial charge in [0.25, 0.3) is 32.1 Å². The van der Waals surface area contributed by atoms with Gasteiger partial charge in [-0.1, -0.05) is 42.5 Å². The van der Waals surface area contributed by atoms with Crippen molar-refractivity contribution in [3.63, 3.8) is 0 Å². The summed E-state index contributed by atoms with van der Waals surface area (Å²) in [5.74, 6) is -0.382. The number of carbonyl (C=O) groups is 2. The van der Waals surface area contributed by atoms with Gasteiger partial charge >= 0.3 is 0 Å². The fraction of sp³-hybridized carbons (Fsp3) is 0.238. The minimum atomic E-state index is -4.83. The van der Waals surface area contributed by atoms with Crippen molar-refractivity contribution >= 4 is 32.1 Å². The zero-order chi connectivity index (χ0) is 24.8. The van der Waals surface area contributed by atoms with Crippen molar-refractivity contribution in [2.45, 2.75) is 16.2 Å². The van der Waals surface area contributed by atoms with E-state index in [9.17, 15) is 31.0 Å². The van der Waals surface area contributed by atoms with Crippen LogP contribution in [-0.2, 0) is 29.8 Å². The molecule has 2 aromatic carbocycles. The average molecular weight is 497 g/mol. The second kappa shape index (κ2) is 10.8. The molecule has 1 heterocycles. The first-order valence-corrected chi connectivity index (χ1v) is 12.5. The maximum atomic E-state index is 11.5. The Labute approximate surface area is 192 Å². The molecule has 1 aliphatic rings. The molecule has 0 unspecified atom stereocenters. The Kier molecular flexibility index (Phi) is 8.63. The van der Waals surface area contributed by atoms with Crippen LogP contribution in [0.2, 0.25) is 0 Å². The van der Waals surface area contributed by atoms with Crippen LogP contribution in [0.5, 0.6) is 0 Å². The van der Waals surface area contributed by atoms with E-state index in [0.29, 0.717) is 12.1 Å². The molecule has 0 atom stereocenters. The standard InChI is InChI=1S/C12H10O6S2.C9H14N2O2/c13-19(14,15)11-8-4-7-10(12(11)20(16,17)18)9-5-2-1-3-6-9;1-10(2)6-3-7-11-8(12)4-5-9(11)13/h1-8H,(H,13,14,15)(H,16,17,18);4-5H,3,6-7H2,1-2H3. The highest BCUT2D eigenvalue weighted by Crippen LogP contribution is 2.32. The molecule has 2 aromatic rings. The van der Waals surface area contributed by atoms with Crippen LogP contribution in [0, 0.1) is 0 Å². The fourth-order valence-corrected chi connectivity index (χ4v) is 5.04. The minimum Gasteiger partial charge on any atom is -0.309 e. The summed E-state index contributed by atoms with van der Waals surface area (Å²) in [6, 6.07) is 11.6. The molecule has 0 saturated carbocycles. The van der Waals surface area contributed by atoms with Crippen molar-refractivity contribution in [1.29, 1.82) is 0 Å². The van der Waals surface area contributed by atoms with E-state index in [2.05, 4.69) is 0 Å². The van der Waals surface area contributed by atoms with Crippen LogP contribution in [0.25, 0.3) is 11.1 Å². The van der Waals surface area contributed by atoms with E-state index in [0.717, 1.165) is 19.0 Å². The predicted molar refractivity (Wildman–Crippen MR) is 121 cm³/mol. The molecule has 178 valence electrons. The molecule has 3 rings (SSSR count). The van der Waals surface area contributed by atoms with E-state index in [1.54, 1.807) is 30.3 Å². The first-order chi connectivity index (χ1) is 15.3. The molecule has 0 aliphatic carbocycles. The van der Waals surface area contributed by atoms with E-state index >= 15 is 0 Å². The second-order valence-electron chi connectivity index (χ2n) is 7.27. The van der Waals surface area contributed by atoms with E-state index in [1.807, 2.05) is 19.0 Å². The molecule has 33 heavy (non-hydrogen) atoms. The summed E-state index contributed by atoms with van der Waals surface area (Å²) in [4.78, 5) is 23.7. The lowest BCUT2D eigenvalue weighted by Crippen LogP contribution is -2.32. The van der Waals surface area contributed by atoms with Gasteiger partial charge in [-0.25, -0.2) is 0 Å². The van der Waals surface area contributed by atoms with Crippen molar-refractivity contribution in [3.8, 4) is 11.1 Å². The number of imide groups is 1. The van der Waals surface area contributed by atoms with E-state index in [1.165, 1.54) is 29.2 Å². The minimum absolute atomic E-state index is 0.0109. The van der Waals surface area contributed by atoms with E-state index in [4.69, 9.17) is 4.55 Å². The number of carbonyl (C=O) groups excluding carboxylic acids is 2. The van der Waals surface area contributed by atoms with Crippen LogP contribution in [0.4, 0.5) is 0 Å². The molecule has 0 fully saturated rings. The van der Waals surface area contributed by atoms with Crippen LogP contribution in [-0.4, -0.2) is 74.7 Å². The van der Waals surface area contributed by atoms with Crippen molar-refractivity contribution < 1.29 is 35.5 Å². The smallest absolute Gasteiger partial charge is 0.296 e. The van der Waals surface area contributed by atoms with Gasteiger partial charge in [-0.05, 0) is 38.7 Å². The van der Waals surface area contributed by atoms with Crippen molar-refractivity contribution in [3.05, 3.63) is 60.7 Å². The van der Waals surface area contributed by atoms with Gasteiger partial charge in [-0.15, -0.1) is 0 Å². The van der Waals surface area contributed by atoms with Gasteiger partial charge in [0.2, 0.25) is 0 Å². The summed E-state index contributed by atoms with van der Waals surface area (Å²) in [6.07, 6.45) is 3.46. The molecule has 12 heteroatoms. The Bertz CT molecular complexity index is 1240. The summed E-state index contributed by atoms with van der Waals surface area (Å²) in [5, 5.41) is 0. The number of benzene rings is 2. The third-order valence-corrected chi connectivity index (χ3v) is 6.47. The number of hydrogen-bond acceptors (Lipinski definition) is 7. The zero-order valence-corrected chi connectivity index (χ0v) is 19.6. The van der Waals surface area contributed by atoms with Crippen LogP contribution in [0.3, 0.4) is 0 Å². The topological polar surface area (TPSA) is 149 Å². The SMILES string of the molecule is CN(C)CCCN1C(=O)C=CC1=O.O=S(=O)(O)c1cccc(-c2ccccc2)c1S(=O)(=O)O. The molecule has 1 aliphatic heterocycles. The molecular weight excluding hydrogens is 472 g/mol. The lowest BCUT2D eigenvalue weighted by molar-refractivity contribution is -0.136. The lowest BCUT2D eigenvalue weighted by atomic mass is 10.1. The third-order valence-electron chi connectivity index (χ3n) is 4.49. The Morgan fingerprint density at radius 1 is 0.818 bits per heavy atom. The summed E-state index contributed by atoms with van der Waals surface area (Å²) < 4.78 is 63.9. The highest BCUT2D eigenvalue weighted by molar-refractivity contribution is 7.89. The second-order valence-corrected chi connectivity index (χ2v) is 10.0. The molecule has 10 nitrogen and oxygen atoms in total. The molecule has 0 radical (unpaired) electrons. The number of rotatable bonds is 7. The third kappa shape index (κ3) is 7.30. The maximum Gasteiger partial charge on any atom is 0.296 e. The van der Waals surface area contributed by atoms with Crippen LogP contribution < -0.4 is 0 Å². The molecule has 2 N–H and O–H groups in total. The van der Waals surface area contributed by atoms with Gasteiger partial charge < -0.3 is 4.90 Å². The molecule has 0 saturated heterocycles. The summed E-state index contributed by atoms with van der Waals surface area (Å²) in [7, 11) is -5.69. The largest absolute Gasteiger partial charge is 0.309 e. The quantitative estimate of drug-likeness (QED) is 0.431. The molecule has 0 aromatic heterocycles. The Morgan fingerprint density at radius 2 is 1.39 bits per heavy atom. The lowest BCUT2D eigenvalue weighted by Gasteiger charge is -2.15. The Morgan fingerprint density at radius 3 is 1.88 bits per heavy atom. The average Bonchev–Trinajstić information content (AvgIpc) is 3.05. The van der Waals surface area contributed by atoms with Crippen molar-refractivity contribution in [1.82, 2.24) is 9.80 Å².